The van der Waals surface area contributed by atoms with Crippen molar-refractivity contribution in [2.24, 2.45) is 0 Å². The molecule has 1 aromatic heterocycles. The number of nitrogens with zero attached hydrogens (tertiary/aromatic N) is 2. The molecule has 1 aliphatic heterocycles. The third kappa shape index (κ3) is 4.68. The maximum atomic E-state index is 12.9. The van der Waals surface area contributed by atoms with Crippen molar-refractivity contribution >= 4 is 29.2 Å². The lowest BCUT2D eigenvalue weighted by Crippen LogP contribution is -2.32. The van der Waals surface area contributed by atoms with Crippen LogP contribution in [0.2, 0.25) is 0 Å². The van der Waals surface area contributed by atoms with Crippen LogP contribution in [-0.4, -0.2) is 22.2 Å². The first-order valence-corrected chi connectivity index (χ1v) is 10.1. The first kappa shape index (κ1) is 22.3. The second kappa shape index (κ2) is 8.59. The van der Waals surface area contributed by atoms with Crippen LogP contribution in [0.5, 0.6) is 0 Å². The summed E-state index contributed by atoms with van der Waals surface area (Å²) in [6.07, 6.45) is -2.35. The van der Waals surface area contributed by atoms with Crippen LogP contribution >= 0.6 is 0 Å². The minimum Gasteiger partial charge on any atom is -0.384 e. The largest absolute Gasteiger partial charge is 0.416 e. The monoisotopic (exact) mass is 454 g/mol. The van der Waals surface area contributed by atoms with E-state index in [1.807, 2.05) is 0 Å². The Bertz CT molecular complexity index is 1210. The molecule has 1 amide bonds. The summed E-state index contributed by atoms with van der Waals surface area (Å²) in [5.74, 6) is 0.0320. The van der Waals surface area contributed by atoms with Gasteiger partial charge in [0.2, 0.25) is 0 Å². The number of halogens is 3. The topological polar surface area (TPSA) is 91.5 Å². The zero-order chi connectivity index (χ0) is 23.8. The van der Waals surface area contributed by atoms with E-state index >= 15 is 0 Å². The van der Waals surface area contributed by atoms with Crippen LogP contribution in [0, 0.1) is 0 Å². The number of alkyl halides is 3. The number of nitrogen functional groups attached to an aromatic ring is 1. The lowest BCUT2D eigenvalue weighted by molar-refractivity contribution is -0.137. The number of aliphatic hydroxyl groups is 1. The molecule has 4 N–H and O–H groups in total. The number of pyridine rings is 1. The van der Waals surface area contributed by atoms with E-state index < -0.39 is 18.0 Å². The van der Waals surface area contributed by atoms with Gasteiger partial charge in [0.25, 0.3) is 5.91 Å². The van der Waals surface area contributed by atoms with E-state index in [0.29, 0.717) is 34.0 Å². The molecule has 0 bridgehead atoms. The number of nitrogens with two attached hydrogens (primary N) is 1. The van der Waals surface area contributed by atoms with Crippen molar-refractivity contribution < 1.29 is 23.1 Å². The molecule has 4 rings (SSSR count). The molecule has 0 saturated carbocycles. The molecule has 0 fully saturated rings. The molecular weight excluding hydrogens is 433 g/mol. The Kier molecular flexibility index (Phi) is 5.82. The lowest BCUT2D eigenvalue weighted by Gasteiger charge is -2.33. The average Bonchev–Trinajstić information content (AvgIpc) is 2.78. The molecule has 6 nitrogen and oxygen atoms in total. The number of aliphatic hydroxyl groups excluding tert-OH is 1. The van der Waals surface area contributed by atoms with Gasteiger partial charge in [-0.1, -0.05) is 12.1 Å². The van der Waals surface area contributed by atoms with Gasteiger partial charge in [-0.2, -0.15) is 13.2 Å². The zero-order valence-electron chi connectivity index (χ0n) is 17.5. The van der Waals surface area contributed by atoms with Gasteiger partial charge in [-0.05, 0) is 73.2 Å². The molecule has 2 atom stereocenters. The van der Waals surface area contributed by atoms with Crippen molar-refractivity contribution in [1.29, 1.82) is 0 Å². The molecule has 0 spiro atoms. The third-order valence-electron chi connectivity index (χ3n) is 5.32. The SMILES string of the molecule is C[C@H](NC(=O)c1ccc2c(c1)C=CC(O)N2c1ccc(C(F)(F)F)cc1)c1cccc(N)n1. The van der Waals surface area contributed by atoms with Gasteiger partial charge in [-0.3, -0.25) is 4.79 Å². The Labute approximate surface area is 188 Å². The van der Waals surface area contributed by atoms with Crippen LogP contribution in [0.25, 0.3) is 6.08 Å². The standard InChI is InChI=1S/C24H21F3N4O2/c1-14(19-3-2-4-21(28)30-19)29-23(33)16-5-11-20-15(13-16)6-12-22(32)31(20)18-9-7-17(8-10-18)24(25,26)27/h2-14,22,32H,1H3,(H2,28,30)(H,29,33)/t14-,22?/m0/s1. The van der Waals surface area contributed by atoms with E-state index in [-0.39, 0.29) is 11.9 Å². The lowest BCUT2D eigenvalue weighted by atomic mass is 10.0. The molecule has 1 aliphatic rings. The summed E-state index contributed by atoms with van der Waals surface area (Å²) in [6.45, 7) is 1.79. The van der Waals surface area contributed by atoms with Crippen molar-refractivity contribution in [2.75, 3.05) is 10.6 Å². The highest BCUT2D eigenvalue weighted by Crippen LogP contribution is 2.37. The van der Waals surface area contributed by atoms with E-state index in [9.17, 15) is 23.1 Å². The molecule has 0 radical (unpaired) electrons. The van der Waals surface area contributed by atoms with E-state index in [1.165, 1.54) is 23.1 Å². The summed E-state index contributed by atoms with van der Waals surface area (Å²) in [7, 11) is 0. The van der Waals surface area contributed by atoms with Crippen LogP contribution < -0.4 is 16.0 Å². The Morgan fingerprint density at radius 2 is 1.88 bits per heavy atom. The van der Waals surface area contributed by atoms with Gasteiger partial charge in [0, 0.05) is 11.3 Å². The normalized spacial score (nSPS) is 16.3. The number of rotatable bonds is 4. The number of amides is 1. The van der Waals surface area contributed by atoms with Crippen molar-refractivity contribution in [3.63, 3.8) is 0 Å². The zero-order valence-corrected chi connectivity index (χ0v) is 17.5. The third-order valence-corrected chi connectivity index (χ3v) is 5.32. The predicted octanol–water partition coefficient (Wildman–Crippen LogP) is 4.66. The van der Waals surface area contributed by atoms with E-state index in [0.717, 1.165) is 12.1 Å². The molecule has 1 unspecified atom stereocenters. The highest BCUT2D eigenvalue weighted by atomic mass is 19.4. The highest BCUT2D eigenvalue weighted by molar-refractivity contribution is 5.96. The van der Waals surface area contributed by atoms with E-state index in [2.05, 4.69) is 10.3 Å². The highest BCUT2D eigenvalue weighted by Gasteiger charge is 2.31. The van der Waals surface area contributed by atoms with E-state index in [1.54, 1.807) is 49.4 Å². The molecule has 2 aromatic carbocycles. The summed E-state index contributed by atoms with van der Waals surface area (Å²) in [4.78, 5) is 18.5. The Balaban J connectivity index is 1.58. The quantitative estimate of drug-likeness (QED) is 0.534. The van der Waals surface area contributed by atoms with Crippen molar-refractivity contribution in [3.05, 3.63) is 89.1 Å². The number of fused-ring (bicyclic) bond motifs is 1. The van der Waals surface area contributed by atoms with Gasteiger partial charge < -0.3 is 21.1 Å². The molecule has 2 heterocycles. The molecule has 0 aliphatic carbocycles. The predicted molar refractivity (Wildman–Crippen MR) is 120 cm³/mol. The van der Waals surface area contributed by atoms with Gasteiger partial charge in [0.15, 0.2) is 6.23 Å². The molecule has 9 heteroatoms. The number of benzene rings is 2. The second-order valence-electron chi connectivity index (χ2n) is 7.64. The molecule has 170 valence electrons. The number of nitrogens with one attached hydrogen (secondary N) is 1. The number of hydrogen-bond acceptors (Lipinski definition) is 5. The maximum Gasteiger partial charge on any atom is 0.416 e. The Morgan fingerprint density at radius 1 is 1.15 bits per heavy atom. The summed E-state index contributed by atoms with van der Waals surface area (Å²) in [5, 5.41) is 13.3. The molecule has 3 aromatic rings. The fraction of sp³-hybridized carbons (Fsp3) is 0.167. The number of aromatic nitrogens is 1. The smallest absolute Gasteiger partial charge is 0.384 e. The van der Waals surface area contributed by atoms with E-state index in [4.69, 9.17) is 5.73 Å². The average molecular weight is 454 g/mol. The Hall–Kier alpha value is -3.85. The fourth-order valence-corrected chi connectivity index (χ4v) is 3.63. The molecule has 0 saturated heterocycles. The number of carbonyl (C=O) groups is 1. The summed E-state index contributed by atoms with van der Waals surface area (Å²) >= 11 is 0. The molecular formula is C24H21F3N4O2. The van der Waals surface area contributed by atoms with Crippen molar-refractivity contribution in [3.8, 4) is 0 Å². The number of carbonyl (C=O) groups excluding carboxylic acids is 1. The summed E-state index contributed by atoms with van der Waals surface area (Å²) in [6, 6.07) is 14.2. The van der Waals surface area contributed by atoms with Gasteiger partial charge in [0.05, 0.1) is 23.0 Å². The maximum absolute atomic E-state index is 12.9. The van der Waals surface area contributed by atoms with Crippen LogP contribution in [0.15, 0.2) is 66.7 Å². The fourth-order valence-electron chi connectivity index (χ4n) is 3.63. The first-order valence-electron chi connectivity index (χ1n) is 10.1. The Morgan fingerprint density at radius 3 is 2.55 bits per heavy atom. The number of hydrogen-bond donors (Lipinski definition) is 3. The van der Waals surface area contributed by atoms with Crippen LogP contribution in [0.1, 0.15) is 40.1 Å². The van der Waals surface area contributed by atoms with Crippen LogP contribution in [0.3, 0.4) is 0 Å². The summed E-state index contributed by atoms with van der Waals surface area (Å²) < 4.78 is 38.7. The van der Waals surface area contributed by atoms with Gasteiger partial charge >= 0.3 is 6.18 Å². The molecule has 33 heavy (non-hydrogen) atoms. The minimum absolute atomic E-state index is 0.324. The van der Waals surface area contributed by atoms with Crippen LogP contribution in [-0.2, 0) is 6.18 Å². The number of anilines is 3. The summed E-state index contributed by atoms with van der Waals surface area (Å²) in [5.41, 5.74) is 7.53. The van der Waals surface area contributed by atoms with Crippen molar-refractivity contribution in [2.45, 2.75) is 25.4 Å². The minimum atomic E-state index is -4.45. The van der Waals surface area contributed by atoms with Crippen LogP contribution in [0.4, 0.5) is 30.4 Å². The first-order chi connectivity index (χ1) is 15.6. The van der Waals surface area contributed by atoms with Crippen molar-refractivity contribution in [1.82, 2.24) is 10.3 Å². The van der Waals surface area contributed by atoms with Gasteiger partial charge in [-0.25, -0.2) is 4.98 Å². The van der Waals surface area contributed by atoms with Gasteiger partial charge in [-0.15, -0.1) is 0 Å². The second-order valence-corrected chi connectivity index (χ2v) is 7.64. The van der Waals surface area contributed by atoms with Gasteiger partial charge in [0.1, 0.15) is 5.82 Å².